The molecule has 1 nitrogen and oxygen atoms in total. The van der Waals surface area contributed by atoms with Gasteiger partial charge in [0.25, 0.3) is 0 Å². The van der Waals surface area contributed by atoms with Crippen molar-refractivity contribution in [3.63, 3.8) is 0 Å². The SMILES string of the molecule is CC#CCNCC(F)Cc1ccccc1. The van der Waals surface area contributed by atoms with Gasteiger partial charge < -0.3 is 5.32 Å². The summed E-state index contributed by atoms with van der Waals surface area (Å²) >= 11 is 0. The second-order valence-electron chi connectivity index (χ2n) is 3.34. The van der Waals surface area contributed by atoms with E-state index in [1.54, 1.807) is 6.92 Å². The summed E-state index contributed by atoms with van der Waals surface area (Å²) in [4.78, 5) is 0. The van der Waals surface area contributed by atoms with Gasteiger partial charge in [-0.15, -0.1) is 5.92 Å². The van der Waals surface area contributed by atoms with Gasteiger partial charge in [0.2, 0.25) is 0 Å². The van der Waals surface area contributed by atoms with E-state index in [0.29, 0.717) is 19.5 Å². The van der Waals surface area contributed by atoms with Crippen molar-refractivity contribution in [3.8, 4) is 11.8 Å². The van der Waals surface area contributed by atoms with E-state index < -0.39 is 6.17 Å². The Morgan fingerprint density at radius 3 is 2.73 bits per heavy atom. The van der Waals surface area contributed by atoms with Crippen LogP contribution in [0.25, 0.3) is 0 Å². The average Bonchev–Trinajstić information content (AvgIpc) is 2.26. The summed E-state index contributed by atoms with van der Waals surface area (Å²) < 4.78 is 13.4. The average molecular weight is 205 g/mol. The van der Waals surface area contributed by atoms with Gasteiger partial charge in [0.1, 0.15) is 6.17 Å². The van der Waals surface area contributed by atoms with Crippen molar-refractivity contribution < 1.29 is 4.39 Å². The zero-order valence-electron chi connectivity index (χ0n) is 8.96. The molecule has 0 bridgehead atoms. The van der Waals surface area contributed by atoms with E-state index in [9.17, 15) is 4.39 Å². The summed E-state index contributed by atoms with van der Waals surface area (Å²) in [5.74, 6) is 5.60. The number of benzene rings is 1. The molecule has 15 heavy (non-hydrogen) atoms. The van der Waals surface area contributed by atoms with Crippen LogP contribution in [0.2, 0.25) is 0 Å². The molecule has 0 heterocycles. The first-order valence-electron chi connectivity index (χ1n) is 5.11. The molecule has 0 spiro atoms. The van der Waals surface area contributed by atoms with E-state index in [-0.39, 0.29) is 0 Å². The minimum Gasteiger partial charge on any atom is -0.303 e. The van der Waals surface area contributed by atoms with Crippen LogP contribution in [0, 0.1) is 11.8 Å². The molecule has 2 heteroatoms. The largest absolute Gasteiger partial charge is 0.303 e. The lowest BCUT2D eigenvalue weighted by molar-refractivity contribution is 0.321. The Labute approximate surface area is 90.7 Å². The Balaban J connectivity index is 2.23. The quantitative estimate of drug-likeness (QED) is 0.574. The molecule has 1 aromatic rings. The first-order chi connectivity index (χ1) is 7.33. The molecule has 1 unspecified atom stereocenters. The molecule has 1 aromatic carbocycles. The third-order valence-corrected chi connectivity index (χ3v) is 2.06. The predicted molar refractivity (Wildman–Crippen MR) is 61.4 cm³/mol. The van der Waals surface area contributed by atoms with Gasteiger partial charge in [-0.05, 0) is 12.5 Å². The third-order valence-electron chi connectivity index (χ3n) is 2.06. The Bertz CT molecular complexity index is 323. The van der Waals surface area contributed by atoms with Gasteiger partial charge >= 0.3 is 0 Å². The fourth-order valence-corrected chi connectivity index (χ4v) is 1.32. The van der Waals surface area contributed by atoms with Gasteiger partial charge in [-0.3, -0.25) is 0 Å². The molecule has 0 saturated carbocycles. The van der Waals surface area contributed by atoms with Gasteiger partial charge in [0, 0.05) is 13.0 Å². The van der Waals surface area contributed by atoms with Crippen molar-refractivity contribution in [1.82, 2.24) is 5.32 Å². The molecular formula is C13H16FN. The molecule has 0 radical (unpaired) electrons. The van der Waals surface area contributed by atoms with Crippen molar-refractivity contribution in [3.05, 3.63) is 35.9 Å². The second kappa shape index (κ2) is 7.03. The monoisotopic (exact) mass is 205 g/mol. The topological polar surface area (TPSA) is 12.0 Å². The smallest absolute Gasteiger partial charge is 0.117 e. The zero-order valence-corrected chi connectivity index (χ0v) is 8.96. The van der Waals surface area contributed by atoms with Crippen LogP contribution in [0.15, 0.2) is 30.3 Å². The zero-order chi connectivity index (χ0) is 10.9. The number of alkyl halides is 1. The summed E-state index contributed by atoms with van der Waals surface area (Å²) in [5, 5.41) is 2.96. The highest BCUT2D eigenvalue weighted by atomic mass is 19.1. The van der Waals surface area contributed by atoms with Crippen LogP contribution >= 0.6 is 0 Å². The Kier molecular flexibility index (Phi) is 5.50. The lowest BCUT2D eigenvalue weighted by Crippen LogP contribution is -2.25. The van der Waals surface area contributed by atoms with E-state index in [1.165, 1.54) is 0 Å². The van der Waals surface area contributed by atoms with Crippen molar-refractivity contribution in [2.24, 2.45) is 0 Å². The van der Waals surface area contributed by atoms with E-state index in [2.05, 4.69) is 17.2 Å². The van der Waals surface area contributed by atoms with E-state index in [0.717, 1.165) is 5.56 Å². The molecule has 0 fully saturated rings. The molecule has 0 aliphatic carbocycles. The maximum atomic E-state index is 13.4. The van der Waals surface area contributed by atoms with Crippen LogP contribution in [-0.2, 0) is 6.42 Å². The number of hydrogen-bond acceptors (Lipinski definition) is 1. The number of rotatable bonds is 5. The van der Waals surface area contributed by atoms with Crippen LogP contribution in [0.1, 0.15) is 12.5 Å². The molecule has 0 amide bonds. The maximum absolute atomic E-state index is 13.4. The van der Waals surface area contributed by atoms with Crippen molar-refractivity contribution in [1.29, 1.82) is 0 Å². The molecule has 1 N–H and O–H groups in total. The summed E-state index contributed by atoms with van der Waals surface area (Å²) in [5.41, 5.74) is 1.04. The Morgan fingerprint density at radius 2 is 2.07 bits per heavy atom. The number of halogens is 1. The van der Waals surface area contributed by atoms with E-state index in [4.69, 9.17) is 0 Å². The van der Waals surface area contributed by atoms with E-state index in [1.807, 2.05) is 30.3 Å². The lowest BCUT2D eigenvalue weighted by atomic mass is 10.1. The van der Waals surface area contributed by atoms with Crippen molar-refractivity contribution >= 4 is 0 Å². The van der Waals surface area contributed by atoms with Gasteiger partial charge in [-0.1, -0.05) is 36.3 Å². The highest BCUT2D eigenvalue weighted by Crippen LogP contribution is 2.04. The fourth-order valence-electron chi connectivity index (χ4n) is 1.32. The molecule has 1 rings (SSSR count). The minimum absolute atomic E-state index is 0.365. The molecular weight excluding hydrogens is 189 g/mol. The molecule has 0 aromatic heterocycles. The summed E-state index contributed by atoms with van der Waals surface area (Å²) in [7, 11) is 0. The van der Waals surface area contributed by atoms with Gasteiger partial charge in [0.05, 0.1) is 6.54 Å². The van der Waals surface area contributed by atoms with Crippen LogP contribution in [0.5, 0.6) is 0 Å². The van der Waals surface area contributed by atoms with Crippen LogP contribution in [0.3, 0.4) is 0 Å². The van der Waals surface area contributed by atoms with E-state index >= 15 is 0 Å². The second-order valence-corrected chi connectivity index (χ2v) is 3.34. The van der Waals surface area contributed by atoms with Gasteiger partial charge in [-0.2, -0.15) is 0 Å². The molecule has 0 aliphatic rings. The molecule has 0 aliphatic heterocycles. The molecule has 1 atom stereocenters. The molecule has 80 valence electrons. The summed E-state index contributed by atoms with van der Waals surface area (Å²) in [6.07, 6.45) is -0.376. The maximum Gasteiger partial charge on any atom is 0.117 e. The highest BCUT2D eigenvalue weighted by molar-refractivity contribution is 5.15. The summed E-state index contributed by atoms with van der Waals surface area (Å²) in [6, 6.07) is 9.68. The standard InChI is InChI=1S/C13H16FN/c1-2-3-9-15-11-13(14)10-12-7-5-4-6-8-12/h4-8,13,15H,9-11H2,1H3. The minimum atomic E-state index is -0.842. The third kappa shape index (κ3) is 5.19. The normalized spacial score (nSPS) is 11.6. The van der Waals surface area contributed by atoms with Crippen molar-refractivity contribution in [2.45, 2.75) is 19.5 Å². The van der Waals surface area contributed by atoms with Crippen molar-refractivity contribution in [2.75, 3.05) is 13.1 Å². The number of hydrogen-bond donors (Lipinski definition) is 1. The first kappa shape index (κ1) is 11.7. The van der Waals surface area contributed by atoms with Gasteiger partial charge in [-0.25, -0.2) is 4.39 Å². The van der Waals surface area contributed by atoms with Crippen LogP contribution in [0.4, 0.5) is 4.39 Å². The van der Waals surface area contributed by atoms with Gasteiger partial charge in [0.15, 0.2) is 0 Å². The molecule has 0 saturated heterocycles. The predicted octanol–water partition coefficient (Wildman–Crippen LogP) is 2.18. The number of nitrogens with one attached hydrogen (secondary N) is 1. The van der Waals surface area contributed by atoms with Crippen LogP contribution in [-0.4, -0.2) is 19.3 Å². The Hall–Kier alpha value is -1.33. The first-order valence-corrected chi connectivity index (χ1v) is 5.11. The lowest BCUT2D eigenvalue weighted by Gasteiger charge is -2.07. The highest BCUT2D eigenvalue weighted by Gasteiger charge is 2.05. The Morgan fingerprint density at radius 1 is 1.33 bits per heavy atom. The summed E-state index contributed by atoms with van der Waals surface area (Å²) in [6.45, 7) is 2.70. The van der Waals surface area contributed by atoms with Crippen LogP contribution < -0.4 is 5.32 Å². The fraction of sp³-hybridized carbons (Fsp3) is 0.385.